The SMILES string of the molecule is CCC(C)c1nc(N2CCOCC2)sc1CNCCOC. The summed E-state index contributed by atoms with van der Waals surface area (Å²) in [6.07, 6.45) is 1.12. The van der Waals surface area contributed by atoms with Crippen LogP contribution < -0.4 is 10.2 Å². The molecule has 1 fully saturated rings. The van der Waals surface area contributed by atoms with Gasteiger partial charge in [-0.25, -0.2) is 4.98 Å². The van der Waals surface area contributed by atoms with E-state index in [2.05, 4.69) is 24.1 Å². The molecule has 0 bridgehead atoms. The largest absolute Gasteiger partial charge is 0.383 e. The summed E-state index contributed by atoms with van der Waals surface area (Å²) in [5.41, 5.74) is 1.26. The lowest BCUT2D eigenvalue weighted by atomic mass is 10.0. The van der Waals surface area contributed by atoms with E-state index >= 15 is 0 Å². The predicted molar refractivity (Wildman–Crippen MR) is 87.4 cm³/mol. The molecule has 0 radical (unpaired) electrons. The Balaban J connectivity index is 2.06. The Kier molecular flexibility index (Phi) is 6.89. The fourth-order valence-corrected chi connectivity index (χ4v) is 3.52. The molecule has 0 aromatic carbocycles. The van der Waals surface area contributed by atoms with Gasteiger partial charge in [0.25, 0.3) is 0 Å². The van der Waals surface area contributed by atoms with Crippen LogP contribution in [0.3, 0.4) is 0 Å². The molecule has 1 N–H and O–H groups in total. The van der Waals surface area contributed by atoms with Crippen LogP contribution >= 0.6 is 11.3 Å². The first-order chi connectivity index (χ1) is 10.3. The highest BCUT2D eigenvalue weighted by molar-refractivity contribution is 7.15. The second kappa shape index (κ2) is 8.68. The molecule has 120 valence electrons. The van der Waals surface area contributed by atoms with Crippen LogP contribution in [0, 0.1) is 0 Å². The third-order valence-corrected chi connectivity index (χ3v) is 4.98. The minimum Gasteiger partial charge on any atom is -0.383 e. The number of aromatic nitrogens is 1. The van der Waals surface area contributed by atoms with E-state index in [1.165, 1.54) is 10.6 Å². The Labute approximate surface area is 131 Å². The van der Waals surface area contributed by atoms with Crippen molar-refractivity contribution in [1.29, 1.82) is 0 Å². The second-order valence-corrected chi connectivity index (χ2v) is 6.45. The first-order valence-corrected chi connectivity index (χ1v) is 8.59. The molecule has 1 aliphatic heterocycles. The smallest absolute Gasteiger partial charge is 0.185 e. The lowest BCUT2D eigenvalue weighted by Gasteiger charge is -2.26. The molecule has 0 amide bonds. The number of hydrogen-bond donors (Lipinski definition) is 1. The molecule has 0 spiro atoms. The van der Waals surface area contributed by atoms with Gasteiger partial charge in [0, 0.05) is 38.2 Å². The molecule has 1 aliphatic rings. The summed E-state index contributed by atoms with van der Waals surface area (Å²) >= 11 is 1.82. The summed E-state index contributed by atoms with van der Waals surface area (Å²) < 4.78 is 10.5. The van der Waals surface area contributed by atoms with E-state index in [-0.39, 0.29) is 0 Å². The van der Waals surface area contributed by atoms with E-state index in [1.54, 1.807) is 7.11 Å². The van der Waals surface area contributed by atoms with Crippen molar-refractivity contribution in [3.05, 3.63) is 10.6 Å². The molecular weight excluding hydrogens is 286 g/mol. The van der Waals surface area contributed by atoms with Crippen LogP contribution in [0.15, 0.2) is 0 Å². The minimum atomic E-state index is 0.510. The maximum atomic E-state index is 5.43. The zero-order chi connectivity index (χ0) is 15.1. The van der Waals surface area contributed by atoms with Gasteiger partial charge in [-0.15, -0.1) is 11.3 Å². The molecule has 1 aromatic heterocycles. The summed E-state index contributed by atoms with van der Waals surface area (Å²) in [5, 5.41) is 4.59. The van der Waals surface area contributed by atoms with Crippen LogP contribution in [0.25, 0.3) is 0 Å². The molecule has 2 heterocycles. The van der Waals surface area contributed by atoms with Crippen molar-refractivity contribution in [2.24, 2.45) is 0 Å². The van der Waals surface area contributed by atoms with Crippen LogP contribution in [-0.4, -0.2) is 51.5 Å². The van der Waals surface area contributed by atoms with Crippen molar-refractivity contribution in [1.82, 2.24) is 10.3 Å². The van der Waals surface area contributed by atoms with E-state index < -0.39 is 0 Å². The third kappa shape index (κ3) is 4.64. The standard InChI is InChI=1S/C15H27N3O2S/c1-4-12(2)14-13(11-16-5-8-19-3)21-15(17-14)18-6-9-20-10-7-18/h12,16H,4-11H2,1-3H3. The number of methoxy groups -OCH3 is 1. The maximum absolute atomic E-state index is 5.43. The fourth-order valence-electron chi connectivity index (χ4n) is 2.32. The van der Waals surface area contributed by atoms with Crippen molar-refractivity contribution in [3.63, 3.8) is 0 Å². The number of nitrogens with zero attached hydrogens (tertiary/aromatic N) is 2. The molecular formula is C15H27N3O2S. The number of morpholine rings is 1. The number of rotatable bonds is 8. The molecule has 1 atom stereocenters. The van der Waals surface area contributed by atoms with E-state index in [9.17, 15) is 0 Å². The molecule has 0 aliphatic carbocycles. The number of thiazole rings is 1. The van der Waals surface area contributed by atoms with Gasteiger partial charge in [-0.2, -0.15) is 0 Å². The van der Waals surface area contributed by atoms with E-state index in [0.717, 1.165) is 57.6 Å². The Morgan fingerprint density at radius 1 is 1.43 bits per heavy atom. The summed E-state index contributed by atoms with van der Waals surface area (Å²) in [6.45, 7) is 10.5. The lowest BCUT2D eigenvalue weighted by Crippen LogP contribution is -2.36. The zero-order valence-electron chi connectivity index (χ0n) is 13.4. The molecule has 0 saturated carbocycles. The summed E-state index contributed by atoms with van der Waals surface area (Å²) in [6, 6.07) is 0. The first kappa shape index (κ1) is 16.7. The van der Waals surface area contributed by atoms with Crippen LogP contribution in [0.4, 0.5) is 5.13 Å². The highest BCUT2D eigenvalue weighted by atomic mass is 32.1. The molecule has 5 nitrogen and oxygen atoms in total. The molecule has 1 unspecified atom stereocenters. The molecule has 21 heavy (non-hydrogen) atoms. The fraction of sp³-hybridized carbons (Fsp3) is 0.800. The van der Waals surface area contributed by atoms with Crippen molar-refractivity contribution in [3.8, 4) is 0 Å². The van der Waals surface area contributed by atoms with Crippen molar-refractivity contribution < 1.29 is 9.47 Å². The Morgan fingerprint density at radius 3 is 2.86 bits per heavy atom. The normalized spacial score (nSPS) is 17.2. The molecule has 1 aromatic rings. The van der Waals surface area contributed by atoms with Gasteiger partial charge in [-0.3, -0.25) is 0 Å². The topological polar surface area (TPSA) is 46.6 Å². The predicted octanol–water partition coefficient (Wildman–Crippen LogP) is 2.23. The number of anilines is 1. The minimum absolute atomic E-state index is 0.510. The maximum Gasteiger partial charge on any atom is 0.185 e. The molecule has 1 saturated heterocycles. The van der Waals surface area contributed by atoms with Crippen molar-refractivity contribution in [2.75, 3.05) is 51.5 Å². The van der Waals surface area contributed by atoms with Crippen LogP contribution in [-0.2, 0) is 16.0 Å². The number of hydrogen-bond acceptors (Lipinski definition) is 6. The first-order valence-electron chi connectivity index (χ1n) is 7.78. The Bertz CT molecular complexity index is 419. The van der Waals surface area contributed by atoms with Gasteiger partial charge in [0.15, 0.2) is 5.13 Å². The van der Waals surface area contributed by atoms with Gasteiger partial charge in [0.05, 0.1) is 25.5 Å². The van der Waals surface area contributed by atoms with Gasteiger partial charge in [0.1, 0.15) is 0 Å². The summed E-state index contributed by atoms with van der Waals surface area (Å²) in [7, 11) is 1.73. The average molecular weight is 313 g/mol. The highest BCUT2D eigenvalue weighted by Gasteiger charge is 2.20. The van der Waals surface area contributed by atoms with Crippen molar-refractivity contribution >= 4 is 16.5 Å². The number of ether oxygens (including phenoxy) is 2. The van der Waals surface area contributed by atoms with Gasteiger partial charge in [0.2, 0.25) is 0 Å². The average Bonchev–Trinajstić information content (AvgIpc) is 2.96. The number of nitrogens with one attached hydrogen (secondary N) is 1. The summed E-state index contributed by atoms with van der Waals surface area (Å²) in [5.74, 6) is 0.510. The van der Waals surface area contributed by atoms with E-state index in [4.69, 9.17) is 14.5 Å². The van der Waals surface area contributed by atoms with Crippen LogP contribution in [0.1, 0.15) is 36.8 Å². The van der Waals surface area contributed by atoms with Gasteiger partial charge in [-0.1, -0.05) is 13.8 Å². The highest BCUT2D eigenvalue weighted by Crippen LogP contribution is 2.32. The van der Waals surface area contributed by atoms with Crippen molar-refractivity contribution in [2.45, 2.75) is 32.7 Å². The van der Waals surface area contributed by atoms with Crippen LogP contribution in [0.2, 0.25) is 0 Å². The Hall–Kier alpha value is -0.690. The van der Waals surface area contributed by atoms with Crippen LogP contribution in [0.5, 0.6) is 0 Å². The van der Waals surface area contributed by atoms with E-state index in [0.29, 0.717) is 5.92 Å². The summed E-state index contributed by atoms with van der Waals surface area (Å²) in [4.78, 5) is 8.63. The Morgan fingerprint density at radius 2 is 2.19 bits per heavy atom. The van der Waals surface area contributed by atoms with Gasteiger partial charge in [-0.05, 0) is 12.3 Å². The molecule has 2 rings (SSSR count). The second-order valence-electron chi connectivity index (χ2n) is 5.38. The lowest BCUT2D eigenvalue weighted by molar-refractivity contribution is 0.122. The van der Waals surface area contributed by atoms with E-state index in [1.807, 2.05) is 11.3 Å². The quantitative estimate of drug-likeness (QED) is 0.746. The zero-order valence-corrected chi connectivity index (χ0v) is 14.2. The molecule has 6 heteroatoms. The monoisotopic (exact) mass is 313 g/mol. The van der Waals surface area contributed by atoms with Gasteiger partial charge >= 0.3 is 0 Å². The third-order valence-electron chi connectivity index (χ3n) is 3.85. The van der Waals surface area contributed by atoms with Gasteiger partial charge < -0.3 is 19.7 Å².